The molecule has 130 valence electrons. The smallest absolute Gasteiger partial charge is 0.254 e. The van der Waals surface area contributed by atoms with Crippen LogP contribution in [0.15, 0.2) is 24.3 Å². The van der Waals surface area contributed by atoms with Gasteiger partial charge in [-0.3, -0.25) is 4.79 Å². The maximum Gasteiger partial charge on any atom is 0.254 e. The van der Waals surface area contributed by atoms with Crippen molar-refractivity contribution >= 4 is 29.2 Å². The molecule has 0 aliphatic carbocycles. The minimum absolute atomic E-state index is 0.0607. The Balaban J connectivity index is 1.64. The van der Waals surface area contributed by atoms with Crippen LogP contribution in [0.1, 0.15) is 22.5 Å². The minimum Gasteiger partial charge on any atom is -0.366 e. The fourth-order valence-electron chi connectivity index (χ4n) is 2.70. The fourth-order valence-corrected chi connectivity index (χ4v) is 2.83. The number of fused-ring (bicyclic) bond motifs is 1. The van der Waals surface area contributed by atoms with Crippen LogP contribution in [-0.2, 0) is 17.6 Å². The van der Waals surface area contributed by atoms with Crippen molar-refractivity contribution in [3.63, 3.8) is 0 Å². The van der Waals surface area contributed by atoms with Crippen LogP contribution in [0, 0.1) is 13.8 Å². The van der Waals surface area contributed by atoms with Crippen molar-refractivity contribution in [2.24, 2.45) is 0 Å². The monoisotopic (exact) mass is 358 g/mol. The Hall–Kier alpha value is -2.67. The third-order valence-corrected chi connectivity index (χ3v) is 4.30. The van der Waals surface area contributed by atoms with Crippen LogP contribution in [-0.4, -0.2) is 32.0 Å². The zero-order valence-electron chi connectivity index (χ0n) is 14.1. The second-order valence-electron chi connectivity index (χ2n) is 5.85. The number of benzene rings is 1. The van der Waals surface area contributed by atoms with E-state index >= 15 is 0 Å². The molecule has 0 bridgehead atoms. The van der Waals surface area contributed by atoms with Crippen molar-refractivity contribution in [3.8, 4) is 0 Å². The van der Waals surface area contributed by atoms with Crippen molar-refractivity contribution in [3.05, 3.63) is 51.8 Å². The number of carbonyl (C=O) groups is 1. The van der Waals surface area contributed by atoms with E-state index in [4.69, 9.17) is 17.3 Å². The molecule has 25 heavy (non-hydrogen) atoms. The summed E-state index contributed by atoms with van der Waals surface area (Å²) < 4.78 is 1.57. The summed E-state index contributed by atoms with van der Waals surface area (Å²) in [6, 6.07) is 7.60. The van der Waals surface area contributed by atoms with E-state index < -0.39 is 0 Å². The highest BCUT2D eigenvalue weighted by Crippen LogP contribution is 2.15. The Morgan fingerprint density at radius 3 is 2.68 bits per heavy atom. The molecular weight excluding hydrogens is 340 g/mol. The molecule has 2 heterocycles. The number of halogens is 1. The summed E-state index contributed by atoms with van der Waals surface area (Å²) in [7, 11) is 0. The van der Waals surface area contributed by atoms with Crippen LogP contribution in [0.25, 0.3) is 5.78 Å². The zero-order chi connectivity index (χ0) is 18.0. The van der Waals surface area contributed by atoms with E-state index in [1.165, 1.54) is 0 Å². The summed E-state index contributed by atoms with van der Waals surface area (Å²) in [4.78, 5) is 20.7. The molecule has 0 fully saturated rings. The topological polar surface area (TPSA) is 98.2 Å². The van der Waals surface area contributed by atoms with E-state index in [1.54, 1.807) is 4.52 Å². The molecule has 0 saturated heterocycles. The molecule has 0 spiro atoms. The van der Waals surface area contributed by atoms with Gasteiger partial charge in [-0.15, -0.1) is 5.10 Å². The highest BCUT2D eigenvalue weighted by molar-refractivity contribution is 6.30. The Morgan fingerprint density at radius 1 is 1.24 bits per heavy atom. The predicted octanol–water partition coefficient (Wildman–Crippen LogP) is 1.88. The summed E-state index contributed by atoms with van der Waals surface area (Å²) in [6.07, 6.45) is 0.985. The maximum atomic E-state index is 12.3. The number of aryl methyl sites for hydroxylation is 2. The van der Waals surface area contributed by atoms with Crippen LogP contribution in [0.5, 0.6) is 0 Å². The molecular formula is C17H19ClN6O. The van der Waals surface area contributed by atoms with Crippen LogP contribution in [0.2, 0.25) is 5.02 Å². The molecule has 0 unspecified atom stereocenters. The summed E-state index contributed by atoms with van der Waals surface area (Å²) in [6.45, 7) is 4.30. The molecule has 0 aliphatic rings. The van der Waals surface area contributed by atoms with Gasteiger partial charge in [-0.25, -0.2) is 4.98 Å². The lowest BCUT2D eigenvalue weighted by Crippen LogP contribution is -2.28. The van der Waals surface area contributed by atoms with Gasteiger partial charge in [-0.2, -0.15) is 9.50 Å². The molecule has 3 aromatic rings. The molecule has 0 radical (unpaired) electrons. The van der Waals surface area contributed by atoms with Gasteiger partial charge in [0.1, 0.15) is 0 Å². The van der Waals surface area contributed by atoms with E-state index in [2.05, 4.69) is 20.4 Å². The van der Waals surface area contributed by atoms with Gasteiger partial charge in [-0.1, -0.05) is 23.7 Å². The number of aromatic nitrogens is 4. The van der Waals surface area contributed by atoms with Crippen LogP contribution < -0.4 is 11.1 Å². The lowest BCUT2D eigenvalue weighted by molar-refractivity contribution is -0.120. The van der Waals surface area contributed by atoms with Gasteiger partial charge in [0, 0.05) is 28.5 Å². The van der Waals surface area contributed by atoms with Crippen LogP contribution in [0.4, 0.5) is 5.95 Å². The standard InChI is InChI=1S/C17H19ClN6O/c1-10-14(11(2)24-17(21-10)22-16(19)23-24)9-15(25)20-8-7-12-3-5-13(18)6-4-12/h3-6H,7-9H2,1-2H3,(H2,19,23)(H,20,25). The number of nitrogen functional groups attached to an aromatic ring is 1. The lowest BCUT2D eigenvalue weighted by atomic mass is 10.1. The largest absolute Gasteiger partial charge is 0.366 e. The van der Waals surface area contributed by atoms with Gasteiger partial charge in [0.15, 0.2) is 0 Å². The predicted molar refractivity (Wildman–Crippen MR) is 96.5 cm³/mol. The fraction of sp³-hybridized carbons (Fsp3) is 0.294. The Kier molecular flexibility index (Phi) is 4.85. The number of anilines is 1. The third kappa shape index (κ3) is 3.88. The highest BCUT2D eigenvalue weighted by atomic mass is 35.5. The van der Waals surface area contributed by atoms with E-state index in [0.29, 0.717) is 17.3 Å². The first-order valence-corrected chi connectivity index (χ1v) is 8.31. The quantitative estimate of drug-likeness (QED) is 0.725. The highest BCUT2D eigenvalue weighted by Gasteiger charge is 2.15. The van der Waals surface area contributed by atoms with Gasteiger partial charge < -0.3 is 11.1 Å². The van der Waals surface area contributed by atoms with E-state index in [0.717, 1.165) is 28.9 Å². The maximum absolute atomic E-state index is 12.3. The van der Waals surface area contributed by atoms with Crippen molar-refractivity contribution in [1.29, 1.82) is 0 Å². The number of nitrogens with two attached hydrogens (primary N) is 1. The SMILES string of the molecule is Cc1nc2nc(N)nn2c(C)c1CC(=O)NCCc1ccc(Cl)cc1. The van der Waals surface area contributed by atoms with E-state index in [1.807, 2.05) is 38.1 Å². The molecule has 2 aromatic heterocycles. The Labute approximate surface area is 150 Å². The van der Waals surface area contributed by atoms with E-state index in [9.17, 15) is 4.79 Å². The van der Waals surface area contributed by atoms with Gasteiger partial charge in [0.2, 0.25) is 11.9 Å². The summed E-state index contributed by atoms with van der Waals surface area (Å²) in [5, 5.41) is 7.75. The number of nitrogens with one attached hydrogen (secondary N) is 1. The molecule has 3 rings (SSSR count). The molecule has 0 saturated carbocycles. The molecule has 7 nitrogen and oxygen atoms in total. The Morgan fingerprint density at radius 2 is 1.96 bits per heavy atom. The molecule has 1 amide bonds. The number of nitrogens with zero attached hydrogens (tertiary/aromatic N) is 4. The molecule has 3 N–H and O–H groups in total. The lowest BCUT2D eigenvalue weighted by Gasteiger charge is -2.11. The van der Waals surface area contributed by atoms with Crippen LogP contribution in [0.3, 0.4) is 0 Å². The van der Waals surface area contributed by atoms with E-state index in [-0.39, 0.29) is 18.3 Å². The van der Waals surface area contributed by atoms with Gasteiger partial charge >= 0.3 is 0 Å². The third-order valence-electron chi connectivity index (χ3n) is 4.05. The first-order chi connectivity index (χ1) is 11.9. The number of carbonyl (C=O) groups excluding carboxylic acids is 1. The first kappa shape index (κ1) is 17.2. The molecule has 0 atom stereocenters. The second kappa shape index (κ2) is 7.06. The van der Waals surface area contributed by atoms with Crippen molar-refractivity contribution in [2.45, 2.75) is 26.7 Å². The molecule has 8 heteroatoms. The first-order valence-electron chi connectivity index (χ1n) is 7.93. The number of rotatable bonds is 5. The molecule has 0 aliphatic heterocycles. The van der Waals surface area contributed by atoms with Crippen molar-refractivity contribution < 1.29 is 4.79 Å². The molecule has 1 aromatic carbocycles. The van der Waals surface area contributed by atoms with Crippen molar-refractivity contribution in [1.82, 2.24) is 24.9 Å². The summed E-state index contributed by atoms with van der Waals surface area (Å²) in [5.74, 6) is 0.549. The average molecular weight is 359 g/mol. The number of hydrogen-bond acceptors (Lipinski definition) is 5. The normalized spacial score (nSPS) is 11.0. The van der Waals surface area contributed by atoms with Gasteiger partial charge in [-0.05, 0) is 38.0 Å². The second-order valence-corrected chi connectivity index (χ2v) is 6.28. The number of hydrogen-bond donors (Lipinski definition) is 2. The summed E-state index contributed by atoms with van der Waals surface area (Å²) in [5.41, 5.74) is 9.15. The van der Waals surface area contributed by atoms with Crippen LogP contribution >= 0.6 is 11.6 Å². The number of amides is 1. The van der Waals surface area contributed by atoms with Gasteiger partial charge in [0.25, 0.3) is 5.78 Å². The zero-order valence-corrected chi connectivity index (χ0v) is 14.8. The Bertz CT molecular complexity index is 919. The minimum atomic E-state index is -0.0607. The summed E-state index contributed by atoms with van der Waals surface area (Å²) >= 11 is 5.86. The van der Waals surface area contributed by atoms with Crippen molar-refractivity contribution in [2.75, 3.05) is 12.3 Å². The average Bonchev–Trinajstić information content (AvgIpc) is 2.94. The van der Waals surface area contributed by atoms with Gasteiger partial charge in [0.05, 0.1) is 6.42 Å².